The number of hydrogen-bond donors (Lipinski definition) is 0. The lowest BCUT2D eigenvalue weighted by molar-refractivity contribution is -0.150. The van der Waals surface area contributed by atoms with E-state index < -0.39 is 12.1 Å². The molecule has 0 radical (unpaired) electrons. The fraction of sp³-hybridized carbons (Fsp3) is 0.125. The van der Waals surface area contributed by atoms with Crippen molar-refractivity contribution in [1.29, 1.82) is 0 Å². The molecule has 0 aliphatic heterocycles. The first-order valence-corrected chi connectivity index (χ1v) is 13.8. The van der Waals surface area contributed by atoms with Gasteiger partial charge in [-0.15, -0.1) is 0 Å². The highest BCUT2D eigenvalue weighted by molar-refractivity contribution is 9.10. The first kappa shape index (κ1) is 26.5. The molecule has 0 bridgehead atoms. The molecular weight excluding hydrogens is 586 g/mol. The number of benzene rings is 4. The predicted molar refractivity (Wildman–Crippen MR) is 163 cm³/mol. The molecule has 9 heteroatoms. The Morgan fingerprint density at radius 2 is 1.80 bits per heavy atom. The van der Waals surface area contributed by atoms with Crippen LogP contribution in [0.4, 0.5) is 0 Å². The van der Waals surface area contributed by atoms with E-state index in [1.165, 1.54) is 4.68 Å². The maximum Gasteiger partial charge on any atom is 0.347 e. The van der Waals surface area contributed by atoms with Crippen LogP contribution in [-0.4, -0.2) is 34.6 Å². The minimum absolute atomic E-state index is 0.248. The van der Waals surface area contributed by atoms with E-state index in [0.717, 1.165) is 20.6 Å². The van der Waals surface area contributed by atoms with E-state index in [1.807, 2.05) is 60.7 Å². The summed E-state index contributed by atoms with van der Waals surface area (Å²) in [6.07, 6.45) is 0.703. The van der Waals surface area contributed by atoms with Crippen molar-refractivity contribution in [2.24, 2.45) is 5.10 Å². The number of halogens is 1. The van der Waals surface area contributed by atoms with Gasteiger partial charge in [-0.2, -0.15) is 9.78 Å². The summed E-state index contributed by atoms with van der Waals surface area (Å²) in [5.41, 5.74) is 1.42. The average Bonchev–Trinajstić information content (AvgIpc) is 3.40. The standard InChI is InChI=1S/C32H24BrN3O5/c1-3-39-32(38)19(2)40-28-14-12-20-8-4-5-9-23(20)25(28)18-34-36-30(35-26-11-7-6-10-24(26)31(36)37)29-17-21-16-22(33)13-15-27(21)41-29/h4-19H,3H2,1-2H3/t19-/m1/s1. The molecule has 0 spiro atoms. The molecular formula is C32H24BrN3O5. The second-order valence-electron chi connectivity index (χ2n) is 9.32. The number of fused-ring (bicyclic) bond motifs is 3. The normalized spacial score (nSPS) is 12.4. The van der Waals surface area contributed by atoms with Crippen LogP contribution < -0.4 is 10.3 Å². The van der Waals surface area contributed by atoms with Crippen molar-refractivity contribution < 1.29 is 18.7 Å². The fourth-order valence-corrected chi connectivity index (χ4v) is 5.02. The molecule has 204 valence electrons. The molecule has 0 aliphatic rings. The van der Waals surface area contributed by atoms with Crippen LogP contribution in [0.2, 0.25) is 0 Å². The molecule has 8 nitrogen and oxygen atoms in total. The number of carbonyl (C=O) groups excluding carboxylic acids is 1. The number of nitrogens with zero attached hydrogens (tertiary/aromatic N) is 3. The second kappa shape index (κ2) is 11.0. The number of ether oxygens (including phenoxy) is 2. The summed E-state index contributed by atoms with van der Waals surface area (Å²) in [5, 5.41) is 7.68. The zero-order valence-electron chi connectivity index (χ0n) is 22.2. The second-order valence-corrected chi connectivity index (χ2v) is 10.2. The number of rotatable bonds is 7. The van der Waals surface area contributed by atoms with Gasteiger partial charge in [-0.3, -0.25) is 4.79 Å². The molecule has 2 aromatic heterocycles. The Morgan fingerprint density at radius 1 is 1.02 bits per heavy atom. The molecule has 0 unspecified atom stereocenters. The Balaban J connectivity index is 1.53. The van der Waals surface area contributed by atoms with Crippen molar-refractivity contribution in [1.82, 2.24) is 9.66 Å². The summed E-state index contributed by atoms with van der Waals surface area (Å²) in [7, 11) is 0. The number of hydrogen-bond acceptors (Lipinski definition) is 7. The van der Waals surface area contributed by atoms with E-state index in [9.17, 15) is 9.59 Å². The number of esters is 1. The van der Waals surface area contributed by atoms with Gasteiger partial charge in [0.2, 0.25) is 5.82 Å². The van der Waals surface area contributed by atoms with Gasteiger partial charge in [0.1, 0.15) is 11.3 Å². The molecule has 0 saturated heterocycles. The van der Waals surface area contributed by atoms with Crippen molar-refractivity contribution in [2.75, 3.05) is 6.61 Å². The van der Waals surface area contributed by atoms with Crippen LogP contribution in [0, 0.1) is 0 Å². The Labute approximate surface area is 243 Å². The third-order valence-electron chi connectivity index (χ3n) is 6.61. The van der Waals surface area contributed by atoms with Gasteiger partial charge in [-0.1, -0.05) is 58.4 Å². The molecule has 0 amide bonds. The lowest BCUT2D eigenvalue weighted by Gasteiger charge is -2.16. The number of aromatic nitrogens is 2. The van der Waals surface area contributed by atoms with Gasteiger partial charge in [0.15, 0.2) is 11.9 Å². The van der Waals surface area contributed by atoms with E-state index >= 15 is 0 Å². The van der Waals surface area contributed by atoms with Crippen LogP contribution in [0.25, 0.3) is 44.2 Å². The summed E-state index contributed by atoms with van der Waals surface area (Å²) < 4.78 is 19.4. The first-order chi connectivity index (χ1) is 19.9. The van der Waals surface area contributed by atoms with E-state index in [4.69, 9.17) is 18.9 Å². The zero-order chi connectivity index (χ0) is 28.5. The molecule has 2 heterocycles. The van der Waals surface area contributed by atoms with E-state index in [2.05, 4.69) is 21.0 Å². The molecule has 0 N–H and O–H groups in total. The van der Waals surface area contributed by atoms with Gasteiger partial charge in [0, 0.05) is 15.4 Å². The van der Waals surface area contributed by atoms with E-state index in [-0.39, 0.29) is 18.0 Å². The maximum absolute atomic E-state index is 13.8. The van der Waals surface area contributed by atoms with Crippen molar-refractivity contribution in [3.8, 4) is 17.3 Å². The lowest BCUT2D eigenvalue weighted by Crippen LogP contribution is -2.26. The molecule has 0 aliphatic carbocycles. The topological polar surface area (TPSA) is 95.9 Å². The van der Waals surface area contributed by atoms with Crippen LogP contribution >= 0.6 is 15.9 Å². The van der Waals surface area contributed by atoms with E-state index in [1.54, 1.807) is 44.3 Å². The van der Waals surface area contributed by atoms with Crippen LogP contribution in [-0.2, 0) is 9.53 Å². The van der Waals surface area contributed by atoms with Crippen LogP contribution in [0.5, 0.6) is 5.75 Å². The van der Waals surface area contributed by atoms with Crippen LogP contribution in [0.15, 0.2) is 104 Å². The monoisotopic (exact) mass is 609 g/mol. The Hall–Kier alpha value is -4.76. The zero-order valence-corrected chi connectivity index (χ0v) is 23.8. The molecule has 0 fully saturated rings. The van der Waals surface area contributed by atoms with Gasteiger partial charge in [-0.25, -0.2) is 9.78 Å². The predicted octanol–water partition coefficient (Wildman–Crippen LogP) is 6.94. The van der Waals surface area contributed by atoms with Crippen molar-refractivity contribution in [2.45, 2.75) is 20.0 Å². The SMILES string of the molecule is CCOC(=O)[C@@H](C)Oc1ccc2ccccc2c1C=Nn1c(-c2cc3cc(Br)ccc3o2)nc2ccccc2c1=O. The molecule has 6 rings (SSSR count). The minimum Gasteiger partial charge on any atom is -0.478 e. The third kappa shape index (κ3) is 5.12. The van der Waals surface area contributed by atoms with Gasteiger partial charge in [-0.05, 0) is 67.1 Å². The van der Waals surface area contributed by atoms with Gasteiger partial charge < -0.3 is 13.9 Å². The number of furan rings is 1. The van der Waals surface area contributed by atoms with Crippen LogP contribution in [0.3, 0.4) is 0 Å². The Morgan fingerprint density at radius 3 is 2.63 bits per heavy atom. The highest BCUT2D eigenvalue weighted by atomic mass is 79.9. The van der Waals surface area contributed by atoms with Crippen molar-refractivity contribution >= 4 is 60.8 Å². The minimum atomic E-state index is -0.848. The van der Waals surface area contributed by atoms with Crippen molar-refractivity contribution in [3.05, 3.63) is 105 Å². The largest absolute Gasteiger partial charge is 0.478 e. The quantitative estimate of drug-likeness (QED) is 0.144. The maximum atomic E-state index is 13.8. The smallest absolute Gasteiger partial charge is 0.347 e. The Bertz CT molecular complexity index is 2030. The summed E-state index contributed by atoms with van der Waals surface area (Å²) >= 11 is 3.49. The molecule has 1 atom stereocenters. The molecule has 6 aromatic rings. The van der Waals surface area contributed by atoms with E-state index in [0.29, 0.717) is 33.6 Å². The molecule has 41 heavy (non-hydrogen) atoms. The fourth-order valence-electron chi connectivity index (χ4n) is 4.64. The molecule has 0 saturated carbocycles. The highest BCUT2D eigenvalue weighted by Gasteiger charge is 2.20. The summed E-state index contributed by atoms with van der Waals surface area (Å²) in [6.45, 7) is 3.62. The summed E-state index contributed by atoms with van der Waals surface area (Å²) in [5.74, 6) is 0.588. The van der Waals surface area contributed by atoms with Gasteiger partial charge >= 0.3 is 5.97 Å². The Kier molecular flexibility index (Phi) is 7.11. The van der Waals surface area contributed by atoms with Crippen LogP contribution in [0.1, 0.15) is 19.4 Å². The molecule has 4 aromatic carbocycles. The summed E-state index contributed by atoms with van der Waals surface area (Å²) in [4.78, 5) is 30.9. The highest BCUT2D eigenvalue weighted by Crippen LogP contribution is 2.30. The summed E-state index contributed by atoms with van der Waals surface area (Å²) in [6, 6.07) is 26.0. The average molecular weight is 610 g/mol. The van der Waals surface area contributed by atoms with Gasteiger partial charge in [0.25, 0.3) is 5.56 Å². The number of para-hydroxylation sites is 1. The van der Waals surface area contributed by atoms with Gasteiger partial charge in [0.05, 0.1) is 23.7 Å². The first-order valence-electron chi connectivity index (χ1n) is 13.0. The lowest BCUT2D eigenvalue weighted by atomic mass is 10.0. The van der Waals surface area contributed by atoms with Crippen molar-refractivity contribution in [3.63, 3.8) is 0 Å². The third-order valence-corrected chi connectivity index (χ3v) is 7.10. The number of carbonyl (C=O) groups is 1.